The lowest BCUT2D eigenvalue weighted by Gasteiger charge is -2.16. The summed E-state index contributed by atoms with van der Waals surface area (Å²) in [7, 11) is 1.89. The number of aryl methyl sites for hydroxylation is 1. The molecule has 0 saturated carbocycles. The third kappa shape index (κ3) is 1.69. The van der Waals surface area contributed by atoms with Gasteiger partial charge in [0, 0.05) is 6.42 Å². The van der Waals surface area contributed by atoms with Crippen LogP contribution in [0.5, 0.6) is 0 Å². The zero-order valence-electron chi connectivity index (χ0n) is 7.63. The molecule has 13 heavy (non-hydrogen) atoms. The van der Waals surface area contributed by atoms with Gasteiger partial charge in [0.1, 0.15) is 11.3 Å². The Bertz CT molecular complexity index is 296. The van der Waals surface area contributed by atoms with E-state index in [1.807, 2.05) is 11.7 Å². The minimum atomic E-state index is 0.00172. The van der Waals surface area contributed by atoms with Gasteiger partial charge >= 0.3 is 0 Å². The highest BCUT2D eigenvalue weighted by molar-refractivity contribution is 6.19. The fraction of sp³-hybridized carbons (Fsp3) is 0.750. The van der Waals surface area contributed by atoms with Crippen molar-refractivity contribution in [3.8, 4) is 0 Å². The average molecular weight is 201 g/mol. The van der Waals surface area contributed by atoms with Crippen LogP contribution in [0.25, 0.3) is 0 Å². The van der Waals surface area contributed by atoms with E-state index in [2.05, 4.69) is 15.4 Å². The van der Waals surface area contributed by atoms with Gasteiger partial charge < -0.3 is 5.32 Å². The molecule has 0 radical (unpaired) electrons. The van der Waals surface area contributed by atoms with Crippen molar-refractivity contribution < 1.29 is 0 Å². The van der Waals surface area contributed by atoms with E-state index in [1.54, 1.807) is 0 Å². The number of nitrogens with zero attached hydrogens (tertiary/aromatic N) is 3. The van der Waals surface area contributed by atoms with Crippen LogP contribution in [-0.2, 0) is 13.0 Å². The smallest absolute Gasteiger partial charge is 0.164 e. The van der Waals surface area contributed by atoms with Gasteiger partial charge in [-0.2, -0.15) is 5.10 Å². The summed E-state index contributed by atoms with van der Waals surface area (Å²) in [5, 5.41) is 7.36. The molecule has 0 aromatic carbocycles. The van der Waals surface area contributed by atoms with Crippen molar-refractivity contribution in [2.75, 3.05) is 7.05 Å². The maximum Gasteiger partial charge on any atom is 0.164 e. The van der Waals surface area contributed by atoms with Crippen molar-refractivity contribution in [2.24, 2.45) is 0 Å². The molecule has 0 aliphatic carbocycles. The molecule has 1 N–H and O–H groups in total. The van der Waals surface area contributed by atoms with E-state index in [4.69, 9.17) is 11.6 Å². The minimum absolute atomic E-state index is 0.00172. The first-order valence-corrected chi connectivity index (χ1v) is 4.98. The lowest BCUT2D eigenvalue weighted by atomic mass is 10.2. The maximum absolute atomic E-state index is 6.10. The number of hydrogen-bond acceptors (Lipinski definition) is 3. The largest absolute Gasteiger partial charge is 0.313 e. The Labute approximate surface area is 82.3 Å². The van der Waals surface area contributed by atoms with E-state index >= 15 is 0 Å². The van der Waals surface area contributed by atoms with Crippen molar-refractivity contribution in [1.82, 2.24) is 20.1 Å². The molecule has 2 rings (SSSR count). The number of fused-ring (bicyclic) bond motifs is 1. The van der Waals surface area contributed by atoms with Crippen LogP contribution in [0.15, 0.2) is 0 Å². The fourth-order valence-electron chi connectivity index (χ4n) is 1.58. The molecule has 0 amide bonds. The number of halogens is 1. The molecule has 0 fully saturated rings. The van der Waals surface area contributed by atoms with Crippen molar-refractivity contribution >= 4 is 11.6 Å². The summed E-state index contributed by atoms with van der Waals surface area (Å²) < 4.78 is 1.84. The predicted octanol–water partition coefficient (Wildman–Crippen LogP) is 1.07. The summed E-state index contributed by atoms with van der Waals surface area (Å²) >= 11 is 6.10. The van der Waals surface area contributed by atoms with Gasteiger partial charge in [-0.05, 0) is 19.9 Å². The topological polar surface area (TPSA) is 42.7 Å². The Morgan fingerprint density at radius 3 is 3.23 bits per heavy atom. The second-order valence-electron chi connectivity index (χ2n) is 3.25. The Morgan fingerprint density at radius 2 is 2.54 bits per heavy atom. The summed E-state index contributed by atoms with van der Waals surface area (Å²) in [6, 6.07) is 0. The standard InChI is InChI=1S/C8H13ClN4/c1-10-5-7-11-8-4-2-3-6(9)13(8)12-7/h6,10H,2-5H2,1H3. The van der Waals surface area contributed by atoms with Gasteiger partial charge in [-0.3, -0.25) is 0 Å². The van der Waals surface area contributed by atoms with Gasteiger partial charge in [0.15, 0.2) is 5.82 Å². The molecule has 0 saturated heterocycles. The van der Waals surface area contributed by atoms with Crippen molar-refractivity contribution in [3.05, 3.63) is 11.6 Å². The molecule has 1 unspecified atom stereocenters. The van der Waals surface area contributed by atoms with E-state index in [1.165, 1.54) is 0 Å². The molecular formula is C8H13ClN4. The molecule has 1 atom stereocenters. The third-order valence-corrected chi connectivity index (χ3v) is 2.59. The second kappa shape index (κ2) is 3.64. The Morgan fingerprint density at radius 1 is 1.69 bits per heavy atom. The summed E-state index contributed by atoms with van der Waals surface area (Å²) in [5.41, 5.74) is 0.00172. The van der Waals surface area contributed by atoms with Gasteiger partial charge in [0.25, 0.3) is 0 Å². The molecular weight excluding hydrogens is 188 g/mol. The molecule has 0 bridgehead atoms. The quantitative estimate of drug-likeness (QED) is 0.727. The summed E-state index contributed by atoms with van der Waals surface area (Å²) in [6.45, 7) is 0.712. The number of aromatic nitrogens is 3. The number of nitrogens with one attached hydrogen (secondary N) is 1. The molecule has 1 aromatic heterocycles. The molecule has 1 aliphatic heterocycles. The normalized spacial score (nSPS) is 21.5. The summed E-state index contributed by atoms with van der Waals surface area (Å²) in [4.78, 5) is 4.40. The maximum atomic E-state index is 6.10. The lowest BCUT2D eigenvalue weighted by Crippen LogP contribution is -2.14. The molecule has 1 aliphatic rings. The van der Waals surface area contributed by atoms with Crippen LogP contribution in [0.2, 0.25) is 0 Å². The summed E-state index contributed by atoms with van der Waals surface area (Å²) in [6.07, 6.45) is 3.11. The molecule has 2 heterocycles. The third-order valence-electron chi connectivity index (χ3n) is 2.19. The van der Waals surface area contributed by atoms with Gasteiger partial charge in [-0.15, -0.1) is 0 Å². The zero-order valence-corrected chi connectivity index (χ0v) is 8.38. The highest BCUT2D eigenvalue weighted by atomic mass is 35.5. The predicted molar refractivity (Wildman–Crippen MR) is 50.6 cm³/mol. The number of alkyl halides is 1. The first-order chi connectivity index (χ1) is 6.31. The molecule has 0 spiro atoms. The molecule has 1 aromatic rings. The van der Waals surface area contributed by atoms with Crippen LogP contribution in [0.1, 0.15) is 30.0 Å². The van der Waals surface area contributed by atoms with E-state index in [0.717, 1.165) is 30.9 Å². The van der Waals surface area contributed by atoms with E-state index in [0.29, 0.717) is 6.54 Å². The van der Waals surface area contributed by atoms with Crippen molar-refractivity contribution in [2.45, 2.75) is 31.3 Å². The van der Waals surface area contributed by atoms with Crippen LogP contribution in [-0.4, -0.2) is 21.8 Å². The van der Waals surface area contributed by atoms with Gasteiger partial charge in [-0.1, -0.05) is 11.6 Å². The molecule has 4 nitrogen and oxygen atoms in total. The van der Waals surface area contributed by atoms with Gasteiger partial charge in [-0.25, -0.2) is 9.67 Å². The Kier molecular flexibility index (Phi) is 2.51. The number of rotatable bonds is 2. The molecule has 5 heteroatoms. The monoisotopic (exact) mass is 200 g/mol. The molecule has 72 valence electrons. The van der Waals surface area contributed by atoms with Gasteiger partial charge in [0.05, 0.1) is 6.54 Å². The minimum Gasteiger partial charge on any atom is -0.313 e. The first-order valence-electron chi connectivity index (χ1n) is 4.54. The lowest BCUT2D eigenvalue weighted by molar-refractivity contribution is 0.458. The van der Waals surface area contributed by atoms with Crippen LogP contribution in [0.4, 0.5) is 0 Å². The van der Waals surface area contributed by atoms with E-state index in [9.17, 15) is 0 Å². The highest BCUT2D eigenvalue weighted by Crippen LogP contribution is 2.25. The fourth-order valence-corrected chi connectivity index (χ4v) is 1.89. The van der Waals surface area contributed by atoms with Crippen LogP contribution in [0.3, 0.4) is 0 Å². The van der Waals surface area contributed by atoms with Crippen molar-refractivity contribution in [1.29, 1.82) is 0 Å². The van der Waals surface area contributed by atoms with Crippen LogP contribution >= 0.6 is 11.6 Å². The van der Waals surface area contributed by atoms with Gasteiger partial charge in [0.2, 0.25) is 0 Å². The highest BCUT2D eigenvalue weighted by Gasteiger charge is 2.20. The SMILES string of the molecule is CNCc1nc2n(n1)C(Cl)CCC2. The Balaban J connectivity index is 2.25. The second-order valence-corrected chi connectivity index (χ2v) is 3.75. The number of hydrogen-bond donors (Lipinski definition) is 1. The van der Waals surface area contributed by atoms with Crippen molar-refractivity contribution in [3.63, 3.8) is 0 Å². The summed E-state index contributed by atoms with van der Waals surface area (Å²) in [5.74, 6) is 1.86. The van der Waals surface area contributed by atoms with E-state index < -0.39 is 0 Å². The zero-order chi connectivity index (χ0) is 9.26. The van der Waals surface area contributed by atoms with Crippen LogP contribution in [0, 0.1) is 0 Å². The first kappa shape index (κ1) is 8.97. The van der Waals surface area contributed by atoms with E-state index in [-0.39, 0.29) is 5.50 Å². The van der Waals surface area contributed by atoms with Crippen LogP contribution < -0.4 is 5.32 Å². The Hall–Kier alpha value is -0.610. The average Bonchev–Trinajstić information content (AvgIpc) is 2.49.